The molecule has 5 rings (SSSR count). The molecule has 2 amide bonds. The molecular formula is C22H20N4O6S. The molecule has 33 heavy (non-hydrogen) atoms. The van der Waals surface area contributed by atoms with Gasteiger partial charge in [-0.2, -0.15) is 0 Å². The van der Waals surface area contributed by atoms with E-state index in [1.54, 1.807) is 36.4 Å². The van der Waals surface area contributed by atoms with Crippen LogP contribution in [0, 0.1) is 0 Å². The second-order valence-corrected chi connectivity index (χ2v) is 10.1. The van der Waals surface area contributed by atoms with Crippen molar-refractivity contribution >= 4 is 21.7 Å². The van der Waals surface area contributed by atoms with Crippen LogP contribution in [0.1, 0.15) is 43.5 Å². The van der Waals surface area contributed by atoms with E-state index in [9.17, 15) is 22.8 Å². The number of sulfone groups is 1. The van der Waals surface area contributed by atoms with Crippen LogP contribution in [0.2, 0.25) is 0 Å². The number of imide groups is 1. The Hall–Kier alpha value is -3.57. The Labute approximate surface area is 188 Å². The van der Waals surface area contributed by atoms with Gasteiger partial charge in [0.2, 0.25) is 15.0 Å². The second kappa shape index (κ2) is 7.78. The van der Waals surface area contributed by atoms with Crippen LogP contribution in [0.3, 0.4) is 0 Å². The minimum Gasteiger partial charge on any atom is -0.463 e. The summed E-state index contributed by atoms with van der Waals surface area (Å²) < 4.78 is 29.3. The summed E-state index contributed by atoms with van der Waals surface area (Å²) in [6, 6.07) is 10.2. The van der Waals surface area contributed by atoms with Crippen molar-refractivity contribution in [3.63, 3.8) is 0 Å². The van der Waals surface area contributed by atoms with Gasteiger partial charge in [0.1, 0.15) is 11.5 Å². The molecule has 0 unspecified atom stereocenters. The van der Waals surface area contributed by atoms with E-state index in [1.165, 1.54) is 0 Å². The molecule has 1 aromatic carbocycles. The molecule has 170 valence electrons. The Kier molecular flexibility index (Phi) is 5.02. The number of hydrogen-bond donors (Lipinski definition) is 1. The molecule has 3 aromatic rings. The normalized spacial score (nSPS) is 16.2. The molecule has 10 nitrogen and oxygen atoms in total. The molecule has 11 heteroatoms. The number of nitrogens with one attached hydrogen (secondary N) is 1. The van der Waals surface area contributed by atoms with E-state index in [4.69, 9.17) is 4.42 Å². The molecule has 0 radical (unpaired) electrons. The highest BCUT2D eigenvalue weighted by Gasteiger charge is 2.35. The highest BCUT2D eigenvalue weighted by molar-refractivity contribution is 7.90. The van der Waals surface area contributed by atoms with Crippen LogP contribution in [-0.4, -0.2) is 52.8 Å². The molecule has 1 N–H and O–H groups in total. The van der Waals surface area contributed by atoms with Gasteiger partial charge in [-0.05, 0) is 24.3 Å². The third kappa shape index (κ3) is 3.89. The Balaban J connectivity index is 1.28. The van der Waals surface area contributed by atoms with Crippen LogP contribution < -0.4 is 5.56 Å². The average molecular weight is 468 g/mol. The molecule has 4 heterocycles. The van der Waals surface area contributed by atoms with E-state index in [1.807, 2.05) is 4.90 Å². The molecule has 0 fully saturated rings. The maximum absolute atomic E-state index is 12.5. The number of fused-ring (bicyclic) bond motifs is 2. The highest BCUT2D eigenvalue weighted by Crippen LogP contribution is 2.25. The number of amides is 2. The molecule has 2 aromatic heterocycles. The van der Waals surface area contributed by atoms with Crippen LogP contribution >= 0.6 is 0 Å². The summed E-state index contributed by atoms with van der Waals surface area (Å²) in [5.41, 5.74) is 1.24. The van der Waals surface area contributed by atoms with Crippen LogP contribution in [-0.2, 0) is 35.9 Å². The summed E-state index contributed by atoms with van der Waals surface area (Å²) in [6.07, 6.45) is 1.44. The molecule has 2 aliphatic rings. The Morgan fingerprint density at radius 3 is 2.27 bits per heavy atom. The largest absolute Gasteiger partial charge is 0.463 e. The van der Waals surface area contributed by atoms with Crippen molar-refractivity contribution in [1.82, 2.24) is 19.8 Å². The molecule has 0 saturated carbocycles. The van der Waals surface area contributed by atoms with Gasteiger partial charge in [0.05, 0.1) is 35.5 Å². The van der Waals surface area contributed by atoms with Gasteiger partial charge in [-0.25, -0.2) is 13.4 Å². The standard InChI is InChI=1S/C22H20N4O6S/c1-33(30,31)22-23-18-8-9-25(12-17(18)19(27)24-22)10-13-6-7-14(32-13)11-26-20(28)15-4-2-3-5-16(15)21(26)29/h2-7H,8-12H2,1H3,(H,23,24,27). The number of nitrogens with zero attached hydrogens (tertiary/aromatic N) is 3. The molecular weight excluding hydrogens is 448 g/mol. The molecule has 0 atom stereocenters. The number of rotatable bonds is 5. The first-order chi connectivity index (χ1) is 15.7. The van der Waals surface area contributed by atoms with Crippen LogP contribution in [0.25, 0.3) is 0 Å². The molecule has 2 aliphatic heterocycles. The van der Waals surface area contributed by atoms with Gasteiger partial charge in [-0.1, -0.05) is 12.1 Å². The fourth-order valence-corrected chi connectivity index (χ4v) is 4.67. The first kappa shape index (κ1) is 21.3. The smallest absolute Gasteiger partial charge is 0.261 e. The lowest BCUT2D eigenvalue weighted by atomic mass is 10.1. The van der Waals surface area contributed by atoms with Crippen molar-refractivity contribution in [2.75, 3.05) is 12.8 Å². The predicted molar refractivity (Wildman–Crippen MR) is 115 cm³/mol. The van der Waals surface area contributed by atoms with Crippen LogP contribution in [0.5, 0.6) is 0 Å². The van der Waals surface area contributed by atoms with Crippen molar-refractivity contribution in [2.45, 2.75) is 31.2 Å². The van der Waals surface area contributed by atoms with E-state index in [0.717, 1.165) is 11.2 Å². The summed E-state index contributed by atoms with van der Waals surface area (Å²) in [4.78, 5) is 47.1. The lowest BCUT2D eigenvalue weighted by Crippen LogP contribution is -2.36. The molecule has 0 saturated heterocycles. The maximum Gasteiger partial charge on any atom is 0.261 e. The van der Waals surface area contributed by atoms with Gasteiger partial charge in [-0.15, -0.1) is 0 Å². The predicted octanol–water partition coefficient (Wildman–Crippen LogP) is 1.12. The van der Waals surface area contributed by atoms with Gasteiger partial charge < -0.3 is 4.42 Å². The van der Waals surface area contributed by atoms with Gasteiger partial charge in [0, 0.05) is 25.8 Å². The minimum absolute atomic E-state index is 0.0348. The molecule has 0 spiro atoms. The SMILES string of the molecule is CS(=O)(=O)c1nc2c(c(=O)[nH]1)CN(Cc1ccc(CN3C(=O)c4ccccc4C3=O)o1)CC2. The van der Waals surface area contributed by atoms with Gasteiger partial charge >= 0.3 is 0 Å². The average Bonchev–Trinajstić information content (AvgIpc) is 3.32. The lowest BCUT2D eigenvalue weighted by Gasteiger charge is -2.26. The van der Waals surface area contributed by atoms with E-state index >= 15 is 0 Å². The monoisotopic (exact) mass is 468 g/mol. The Morgan fingerprint density at radius 2 is 1.64 bits per heavy atom. The summed E-state index contributed by atoms with van der Waals surface area (Å²) in [6.45, 7) is 1.32. The van der Waals surface area contributed by atoms with E-state index in [2.05, 4.69) is 9.97 Å². The number of aromatic amines is 1. The minimum atomic E-state index is -3.60. The van der Waals surface area contributed by atoms with Crippen molar-refractivity contribution < 1.29 is 22.4 Å². The number of benzene rings is 1. The van der Waals surface area contributed by atoms with Crippen molar-refractivity contribution in [3.05, 3.63) is 80.7 Å². The van der Waals surface area contributed by atoms with Crippen molar-refractivity contribution in [2.24, 2.45) is 0 Å². The summed E-state index contributed by atoms with van der Waals surface area (Å²) >= 11 is 0. The number of furan rings is 1. The maximum atomic E-state index is 12.5. The van der Waals surface area contributed by atoms with Crippen molar-refractivity contribution in [1.29, 1.82) is 0 Å². The Bertz CT molecular complexity index is 1420. The third-order valence-corrected chi connectivity index (χ3v) is 6.66. The van der Waals surface area contributed by atoms with E-state index in [-0.39, 0.29) is 23.5 Å². The quantitative estimate of drug-likeness (QED) is 0.435. The lowest BCUT2D eigenvalue weighted by molar-refractivity contribution is 0.0630. The van der Waals surface area contributed by atoms with Gasteiger partial charge in [0.15, 0.2) is 0 Å². The number of hydrogen-bond acceptors (Lipinski definition) is 8. The fourth-order valence-electron chi connectivity index (χ4n) is 4.12. The number of carbonyl (C=O) groups excluding carboxylic acids is 2. The number of carbonyl (C=O) groups is 2. The van der Waals surface area contributed by atoms with Crippen LogP contribution in [0.4, 0.5) is 0 Å². The number of aromatic nitrogens is 2. The van der Waals surface area contributed by atoms with Gasteiger partial charge in [0.25, 0.3) is 17.4 Å². The summed E-state index contributed by atoms with van der Waals surface area (Å²) in [5.74, 6) is 0.416. The number of H-pyrrole nitrogens is 1. The highest BCUT2D eigenvalue weighted by atomic mass is 32.2. The Morgan fingerprint density at radius 1 is 1.00 bits per heavy atom. The van der Waals surface area contributed by atoms with E-state index < -0.39 is 15.4 Å². The molecule has 0 aliphatic carbocycles. The third-order valence-electron chi connectivity index (χ3n) is 5.77. The molecule has 0 bridgehead atoms. The summed E-state index contributed by atoms with van der Waals surface area (Å²) in [5, 5.41) is -0.316. The van der Waals surface area contributed by atoms with Crippen LogP contribution in [0.15, 0.2) is 50.8 Å². The van der Waals surface area contributed by atoms with Gasteiger partial charge in [-0.3, -0.25) is 29.2 Å². The van der Waals surface area contributed by atoms with E-state index in [0.29, 0.717) is 60.0 Å². The first-order valence-corrected chi connectivity index (χ1v) is 12.2. The zero-order valence-electron chi connectivity index (χ0n) is 17.7. The zero-order valence-corrected chi connectivity index (χ0v) is 18.5. The first-order valence-electron chi connectivity index (χ1n) is 10.3. The zero-order chi connectivity index (χ0) is 23.3. The summed E-state index contributed by atoms with van der Waals surface area (Å²) in [7, 11) is -3.60. The topological polar surface area (TPSA) is 134 Å². The van der Waals surface area contributed by atoms with Crippen molar-refractivity contribution in [3.8, 4) is 0 Å². The fraction of sp³-hybridized carbons (Fsp3) is 0.273. The second-order valence-electron chi connectivity index (χ2n) is 8.14.